The van der Waals surface area contributed by atoms with Crippen LogP contribution >= 0.6 is 11.6 Å². The molecule has 0 heterocycles. The van der Waals surface area contributed by atoms with Crippen LogP contribution in [0.25, 0.3) is 0 Å². The van der Waals surface area contributed by atoms with Gasteiger partial charge >= 0.3 is 0 Å². The van der Waals surface area contributed by atoms with E-state index in [-0.39, 0.29) is 18.5 Å². The number of rotatable bonds is 7. The van der Waals surface area contributed by atoms with Crippen LogP contribution in [-0.2, 0) is 16.6 Å². The summed E-state index contributed by atoms with van der Waals surface area (Å²) in [5.41, 5.74) is 3.78. The van der Waals surface area contributed by atoms with Crippen molar-refractivity contribution in [2.24, 2.45) is 0 Å². The lowest BCUT2D eigenvalue weighted by Crippen LogP contribution is -2.30. The molecule has 0 spiro atoms. The lowest BCUT2D eigenvalue weighted by atomic mass is 10.1. The SMILES string of the molecule is Cc1ccc(C(C)NC(=O)c2ccc(N(Cc3ccccc3Cl)S(C)(=O)=O)cc2)cc1. The second-order valence-electron chi connectivity index (χ2n) is 7.51. The Kier molecular flexibility index (Phi) is 7.03. The monoisotopic (exact) mass is 456 g/mol. The van der Waals surface area contributed by atoms with Crippen LogP contribution in [0.4, 0.5) is 5.69 Å². The molecule has 1 atom stereocenters. The van der Waals surface area contributed by atoms with Gasteiger partial charge in [0.05, 0.1) is 24.5 Å². The van der Waals surface area contributed by atoms with Crippen molar-refractivity contribution >= 4 is 33.2 Å². The number of carbonyl (C=O) groups is 1. The minimum Gasteiger partial charge on any atom is -0.346 e. The van der Waals surface area contributed by atoms with Crippen LogP contribution in [-0.4, -0.2) is 20.6 Å². The first-order valence-corrected chi connectivity index (χ1v) is 12.1. The Labute approximate surface area is 188 Å². The first kappa shape index (κ1) is 22.8. The molecule has 0 aliphatic heterocycles. The maximum Gasteiger partial charge on any atom is 0.251 e. The predicted molar refractivity (Wildman–Crippen MR) is 126 cm³/mol. The molecule has 0 aromatic heterocycles. The fourth-order valence-electron chi connectivity index (χ4n) is 3.18. The summed E-state index contributed by atoms with van der Waals surface area (Å²) in [6, 6.07) is 21.4. The molecule has 0 bridgehead atoms. The highest BCUT2D eigenvalue weighted by Crippen LogP contribution is 2.25. The Morgan fingerprint density at radius 2 is 1.61 bits per heavy atom. The third kappa shape index (κ3) is 5.87. The number of hydrogen-bond acceptors (Lipinski definition) is 3. The van der Waals surface area contributed by atoms with Crippen LogP contribution in [0.3, 0.4) is 0 Å². The lowest BCUT2D eigenvalue weighted by Gasteiger charge is -2.23. The normalized spacial score (nSPS) is 12.3. The van der Waals surface area contributed by atoms with Gasteiger partial charge in [0, 0.05) is 10.6 Å². The number of nitrogens with one attached hydrogen (secondary N) is 1. The Balaban J connectivity index is 1.77. The zero-order valence-electron chi connectivity index (χ0n) is 17.7. The first-order chi connectivity index (χ1) is 14.6. The molecule has 1 N–H and O–H groups in total. The number of anilines is 1. The van der Waals surface area contributed by atoms with Crippen molar-refractivity contribution in [1.82, 2.24) is 5.32 Å². The average molecular weight is 457 g/mol. The number of sulfonamides is 1. The molecule has 3 aromatic rings. The summed E-state index contributed by atoms with van der Waals surface area (Å²) in [7, 11) is -3.55. The van der Waals surface area contributed by atoms with Crippen LogP contribution in [0.15, 0.2) is 72.8 Å². The number of halogens is 1. The molecule has 3 aromatic carbocycles. The molecule has 1 amide bonds. The highest BCUT2D eigenvalue weighted by atomic mass is 35.5. The molecule has 0 aliphatic carbocycles. The zero-order chi connectivity index (χ0) is 22.6. The minimum absolute atomic E-state index is 0.106. The summed E-state index contributed by atoms with van der Waals surface area (Å²) < 4.78 is 26.1. The molecule has 0 aliphatic rings. The van der Waals surface area contributed by atoms with E-state index in [0.717, 1.165) is 17.4 Å². The van der Waals surface area contributed by atoms with Crippen molar-refractivity contribution in [1.29, 1.82) is 0 Å². The van der Waals surface area contributed by atoms with Crippen molar-refractivity contribution in [2.45, 2.75) is 26.4 Å². The number of nitrogens with zero attached hydrogens (tertiary/aromatic N) is 1. The number of benzene rings is 3. The third-order valence-corrected chi connectivity index (χ3v) is 6.52. The van der Waals surface area contributed by atoms with Crippen LogP contribution < -0.4 is 9.62 Å². The molecule has 1 unspecified atom stereocenters. The van der Waals surface area contributed by atoms with E-state index in [2.05, 4.69) is 5.32 Å². The largest absolute Gasteiger partial charge is 0.346 e. The molecule has 0 fully saturated rings. The summed E-state index contributed by atoms with van der Waals surface area (Å²) in [5, 5.41) is 3.47. The zero-order valence-corrected chi connectivity index (χ0v) is 19.2. The molecule has 7 heteroatoms. The summed E-state index contributed by atoms with van der Waals surface area (Å²) in [5.74, 6) is -0.225. The van der Waals surface area contributed by atoms with E-state index in [1.54, 1.807) is 42.5 Å². The maximum absolute atomic E-state index is 12.6. The van der Waals surface area contributed by atoms with E-state index in [4.69, 9.17) is 11.6 Å². The quantitative estimate of drug-likeness (QED) is 0.537. The van der Waals surface area contributed by atoms with E-state index in [9.17, 15) is 13.2 Å². The van der Waals surface area contributed by atoms with Crippen LogP contribution in [0.1, 0.15) is 40.0 Å². The molecule has 0 saturated heterocycles. The first-order valence-electron chi connectivity index (χ1n) is 9.84. The maximum atomic E-state index is 12.6. The second-order valence-corrected chi connectivity index (χ2v) is 9.83. The van der Waals surface area contributed by atoms with Gasteiger partial charge in [-0.1, -0.05) is 59.6 Å². The molecular weight excluding hydrogens is 432 g/mol. The van der Waals surface area contributed by atoms with Gasteiger partial charge in [0.25, 0.3) is 5.91 Å². The third-order valence-electron chi connectivity index (χ3n) is 5.01. The highest BCUT2D eigenvalue weighted by molar-refractivity contribution is 7.92. The van der Waals surface area contributed by atoms with E-state index >= 15 is 0 Å². The summed E-state index contributed by atoms with van der Waals surface area (Å²) >= 11 is 6.21. The fourth-order valence-corrected chi connectivity index (χ4v) is 4.25. The predicted octanol–water partition coefficient (Wildman–Crippen LogP) is 5.11. The van der Waals surface area contributed by atoms with E-state index < -0.39 is 10.0 Å². The Hall–Kier alpha value is -2.83. The number of carbonyl (C=O) groups excluding carboxylic acids is 1. The molecule has 162 valence electrons. The van der Waals surface area contributed by atoms with Gasteiger partial charge in [-0.15, -0.1) is 0 Å². The van der Waals surface area contributed by atoms with Crippen LogP contribution in [0.2, 0.25) is 5.02 Å². The highest BCUT2D eigenvalue weighted by Gasteiger charge is 2.20. The van der Waals surface area contributed by atoms with Crippen molar-refractivity contribution in [2.75, 3.05) is 10.6 Å². The smallest absolute Gasteiger partial charge is 0.251 e. The van der Waals surface area contributed by atoms with Gasteiger partial charge in [0.2, 0.25) is 10.0 Å². The summed E-state index contributed by atoms with van der Waals surface area (Å²) in [6.45, 7) is 4.04. The van der Waals surface area contributed by atoms with Gasteiger partial charge in [-0.3, -0.25) is 9.10 Å². The molecule has 0 saturated carbocycles. The summed E-state index contributed by atoms with van der Waals surface area (Å²) in [4.78, 5) is 12.6. The molecule has 0 radical (unpaired) electrons. The standard InChI is InChI=1S/C24H25ClN2O3S/c1-17-8-10-19(11-9-17)18(2)26-24(28)20-12-14-22(15-13-20)27(31(3,29)30)16-21-6-4-5-7-23(21)25/h4-15,18H,16H2,1-3H3,(H,26,28). The van der Waals surface area contributed by atoms with E-state index in [0.29, 0.717) is 21.8 Å². The second kappa shape index (κ2) is 9.54. The molecule has 5 nitrogen and oxygen atoms in total. The Morgan fingerprint density at radius 3 is 2.19 bits per heavy atom. The van der Waals surface area contributed by atoms with Gasteiger partial charge in [0.1, 0.15) is 0 Å². The lowest BCUT2D eigenvalue weighted by molar-refractivity contribution is 0.0940. The average Bonchev–Trinajstić information content (AvgIpc) is 2.73. The molecule has 31 heavy (non-hydrogen) atoms. The van der Waals surface area contributed by atoms with Crippen LogP contribution in [0.5, 0.6) is 0 Å². The van der Waals surface area contributed by atoms with Gasteiger partial charge in [-0.25, -0.2) is 8.42 Å². The number of hydrogen-bond donors (Lipinski definition) is 1. The van der Waals surface area contributed by atoms with Crippen molar-refractivity contribution in [3.63, 3.8) is 0 Å². The van der Waals surface area contributed by atoms with Gasteiger partial charge in [-0.05, 0) is 55.3 Å². The van der Waals surface area contributed by atoms with Gasteiger partial charge < -0.3 is 5.32 Å². The molecular formula is C24H25ClN2O3S. The summed E-state index contributed by atoms with van der Waals surface area (Å²) in [6.07, 6.45) is 1.15. The van der Waals surface area contributed by atoms with Crippen molar-refractivity contribution < 1.29 is 13.2 Å². The topological polar surface area (TPSA) is 66.5 Å². The number of aryl methyl sites for hydroxylation is 1. The molecule has 3 rings (SSSR count). The van der Waals surface area contributed by atoms with Gasteiger partial charge in [0.15, 0.2) is 0 Å². The van der Waals surface area contributed by atoms with E-state index in [1.807, 2.05) is 44.2 Å². The Morgan fingerprint density at radius 1 is 1.00 bits per heavy atom. The Bertz CT molecular complexity index is 1160. The fraction of sp³-hybridized carbons (Fsp3) is 0.208. The van der Waals surface area contributed by atoms with Crippen molar-refractivity contribution in [3.8, 4) is 0 Å². The number of amides is 1. The van der Waals surface area contributed by atoms with Gasteiger partial charge in [-0.2, -0.15) is 0 Å². The van der Waals surface area contributed by atoms with Crippen molar-refractivity contribution in [3.05, 3.63) is 100 Å². The van der Waals surface area contributed by atoms with E-state index in [1.165, 1.54) is 4.31 Å². The van der Waals surface area contributed by atoms with Crippen LogP contribution in [0, 0.1) is 6.92 Å². The minimum atomic E-state index is -3.55.